The number of rotatable bonds is 4. The first-order chi connectivity index (χ1) is 8.76. The molecule has 1 N–H and O–H groups in total. The van der Waals surface area contributed by atoms with E-state index < -0.39 is 0 Å². The Kier molecular flexibility index (Phi) is 3.04. The zero-order chi connectivity index (χ0) is 12.5. The summed E-state index contributed by atoms with van der Waals surface area (Å²) in [5, 5.41) is 11.6. The summed E-state index contributed by atoms with van der Waals surface area (Å²) >= 11 is 0. The Hall–Kier alpha value is -1.41. The topological polar surface area (TPSA) is 33.1 Å². The van der Waals surface area contributed by atoms with Gasteiger partial charge in [0.25, 0.3) is 0 Å². The number of aliphatic hydroxyl groups is 1. The highest BCUT2D eigenvalue weighted by atomic mass is 16.3. The lowest BCUT2D eigenvalue weighted by Crippen LogP contribution is -2.04. The van der Waals surface area contributed by atoms with Crippen LogP contribution in [-0.2, 0) is 6.42 Å². The second-order valence-corrected chi connectivity index (χ2v) is 5.56. The fourth-order valence-corrected chi connectivity index (χ4v) is 2.40. The molecule has 2 aromatic rings. The van der Waals surface area contributed by atoms with Crippen LogP contribution in [0.1, 0.15) is 36.9 Å². The summed E-state index contributed by atoms with van der Waals surface area (Å²) in [6.45, 7) is 2.32. The lowest BCUT2D eigenvalue weighted by atomic mass is 9.99. The average molecular weight is 241 g/mol. The van der Waals surface area contributed by atoms with Crippen LogP contribution in [0.15, 0.2) is 30.5 Å². The Morgan fingerprint density at radius 2 is 2.11 bits per heavy atom. The highest BCUT2D eigenvalue weighted by Gasteiger charge is 2.24. The molecule has 1 saturated carbocycles. The molecule has 0 aliphatic heterocycles. The first-order valence-corrected chi connectivity index (χ1v) is 6.75. The number of aromatic nitrogens is 1. The second kappa shape index (κ2) is 4.69. The molecule has 1 aliphatic rings. The molecule has 94 valence electrons. The van der Waals surface area contributed by atoms with E-state index in [0.29, 0.717) is 11.8 Å². The Morgan fingerprint density at radius 3 is 2.83 bits per heavy atom. The lowest BCUT2D eigenvalue weighted by Gasteiger charge is -2.09. The maximum Gasteiger partial charge on any atom is 0.0459 e. The summed E-state index contributed by atoms with van der Waals surface area (Å²) in [5.41, 5.74) is 2.53. The summed E-state index contributed by atoms with van der Waals surface area (Å²) < 4.78 is 0. The van der Waals surface area contributed by atoms with Crippen molar-refractivity contribution >= 4 is 10.8 Å². The van der Waals surface area contributed by atoms with Gasteiger partial charge in [-0.2, -0.15) is 0 Å². The molecule has 0 spiro atoms. The molecular weight excluding hydrogens is 222 g/mol. The van der Waals surface area contributed by atoms with E-state index in [2.05, 4.69) is 36.2 Å². The van der Waals surface area contributed by atoms with Crippen molar-refractivity contribution in [1.82, 2.24) is 4.98 Å². The zero-order valence-electron chi connectivity index (χ0n) is 10.8. The second-order valence-electron chi connectivity index (χ2n) is 5.56. The maximum atomic E-state index is 9.10. The number of pyridine rings is 1. The van der Waals surface area contributed by atoms with Gasteiger partial charge >= 0.3 is 0 Å². The molecule has 1 fully saturated rings. The molecule has 1 unspecified atom stereocenters. The number of hydrogen-bond donors (Lipinski definition) is 1. The van der Waals surface area contributed by atoms with Crippen molar-refractivity contribution < 1.29 is 5.11 Å². The largest absolute Gasteiger partial charge is 0.396 e. The highest BCUT2D eigenvalue weighted by Crippen LogP contribution is 2.39. The van der Waals surface area contributed by atoms with Crippen LogP contribution in [0, 0.1) is 5.92 Å². The Bertz CT molecular complexity index is 560. The Labute approximate surface area is 108 Å². The SMILES string of the molecule is CC(CO)Cc1ccc2cc(C3CC3)ncc2c1. The van der Waals surface area contributed by atoms with Gasteiger partial charge in [0.2, 0.25) is 0 Å². The minimum Gasteiger partial charge on any atom is -0.396 e. The minimum absolute atomic E-state index is 0.247. The van der Waals surface area contributed by atoms with Crippen molar-refractivity contribution in [2.75, 3.05) is 6.61 Å². The third kappa shape index (κ3) is 2.39. The third-order valence-electron chi connectivity index (χ3n) is 3.70. The molecule has 1 aromatic heterocycles. The van der Waals surface area contributed by atoms with E-state index in [1.165, 1.54) is 34.9 Å². The normalized spacial score (nSPS) is 17.0. The molecule has 0 saturated heterocycles. The monoisotopic (exact) mass is 241 g/mol. The van der Waals surface area contributed by atoms with Gasteiger partial charge in [-0.25, -0.2) is 0 Å². The quantitative estimate of drug-likeness (QED) is 0.891. The number of hydrogen-bond acceptors (Lipinski definition) is 2. The highest BCUT2D eigenvalue weighted by molar-refractivity contribution is 5.82. The van der Waals surface area contributed by atoms with Crippen molar-refractivity contribution in [2.24, 2.45) is 5.92 Å². The molecule has 1 aliphatic carbocycles. The molecule has 2 heteroatoms. The van der Waals surface area contributed by atoms with Crippen LogP contribution >= 0.6 is 0 Å². The van der Waals surface area contributed by atoms with E-state index in [1.54, 1.807) is 0 Å². The summed E-state index contributed by atoms with van der Waals surface area (Å²) in [6, 6.07) is 8.78. The van der Waals surface area contributed by atoms with Crippen molar-refractivity contribution in [3.8, 4) is 0 Å². The molecule has 0 amide bonds. The van der Waals surface area contributed by atoms with Crippen LogP contribution in [0.5, 0.6) is 0 Å². The number of aliphatic hydroxyl groups excluding tert-OH is 1. The Morgan fingerprint density at radius 1 is 1.28 bits per heavy atom. The van der Waals surface area contributed by atoms with Crippen molar-refractivity contribution in [3.05, 3.63) is 41.7 Å². The third-order valence-corrected chi connectivity index (χ3v) is 3.70. The van der Waals surface area contributed by atoms with Crippen molar-refractivity contribution in [1.29, 1.82) is 0 Å². The van der Waals surface area contributed by atoms with E-state index in [-0.39, 0.29) is 6.61 Å². The fourth-order valence-electron chi connectivity index (χ4n) is 2.40. The predicted octanol–water partition coefficient (Wildman–Crippen LogP) is 3.28. The number of fused-ring (bicyclic) bond motifs is 1. The number of benzene rings is 1. The molecule has 3 rings (SSSR count). The molecule has 18 heavy (non-hydrogen) atoms. The van der Waals surface area contributed by atoms with Gasteiger partial charge in [-0.15, -0.1) is 0 Å². The molecule has 1 aromatic carbocycles. The van der Waals surface area contributed by atoms with Crippen LogP contribution in [0.2, 0.25) is 0 Å². The van der Waals surface area contributed by atoms with Gasteiger partial charge < -0.3 is 5.11 Å². The minimum atomic E-state index is 0.247. The van der Waals surface area contributed by atoms with E-state index in [0.717, 1.165) is 6.42 Å². The first kappa shape index (κ1) is 11.7. The van der Waals surface area contributed by atoms with E-state index in [4.69, 9.17) is 5.11 Å². The Balaban J connectivity index is 1.90. The standard InChI is InChI=1S/C16H19NO/c1-11(10-18)6-12-2-3-14-8-16(13-4-5-13)17-9-15(14)7-12/h2-3,7-9,11,13,18H,4-6,10H2,1H3. The van der Waals surface area contributed by atoms with Gasteiger partial charge in [-0.05, 0) is 48.3 Å². The van der Waals surface area contributed by atoms with Crippen LogP contribution in [0.25, 0.3) is 10.8 Å². The van der Waals surface area contributed by atoms with E-state index >= 15 is 0 Å². The molecule has 0 bridgehead atoms. The average Bonchev–Trinajstić information content (AvgIpc) is 3.22. The van der Waals surface area contributed by atoms with Gasteiger partial charge in [0.15, 0.2) is 0 Å². The fraction of sp³-hybridized carbons (Fsp3) is 0.438. The maximum absolute atomic E-state index is 9.10. The van der Waals surface area contributed by atoms with E-state index in [1.807, 2.05) is 6.20 Å². The van der Waals surface area contributed by atoms with Gasteiger partial charge in [-0.3, -0.25) is 4.98 Å². The summed E-state index contributed by atoms with van der Waals surface area (Å²) in [4.78, 5) is 4.56. The summed E-state index contributed by atoms with van der Waals surface area (Å²) in [5.74, 6) is 1.03. The predicted molar refractivity (Wildman–Crippen MR) is 73.7 cm³/mol. The van der Waals surface area contributed by atoms with Crippen LogP contribution in [-0.4, -0.2) is 16.7 Å². The van der Waals surface area contributed by atoms with Gasteiger partial charge in [0, 0.05) is 29.8 Å². The summed E-state index contributed by atoms with van der Waals surface area (Å²) in [6.07, 6.45) is 5.52. The smallest absolute Gasteiger partial charge is 0.0459 e. The van der Waals surface area contributed by atoms with Crippen molar-refractivity contribution in [2.45, 2.75) is 32.1 Å². The number of nitrogens with zero attached hydrogens (tertiary/aromatic N) is 1. The first-order valence-electron chi connectivity index (χ1n) is 6.75. The van der Waals surface area contributed by atoms with Gasteiger partial charge in [0.1, 0.15) is 0 Å². The van der Waals surface area contributed by atoms with Crippen molar-refractivity contribution in [3.63, 3.8) is 0 Å². The van der Waals surface area contributed by atoms with Crippen LogP contribution < -0.4 is 0 Å². The van der Waals surface area contributed by atoms with Gasteiger partial charge in [0.05, 0.1) is 0 Å². The molecule has 1 heterocycles. The van der Waals surface area contributed by atoms with Gasteiger partial charge in [-0.1, -0.05) is 19.1 Å². The van der Waals surface area contributed by atoms with E-state index in [9.17, 15) is 0 Å². The molecule has 1 atom stereocenters. The zero-order valence-corrected chi connectivity index (χ0v) is 10.8. The molecule has 2 nitrogen and oxygen atoms in total. The lowest BCUT2D eigenvalue weighted by molar-refractivity contribution is 0.237. The molecule has 0 radical (unpaired) electrons. The molecular formula is C16H19NO. The van der Waals surface area contributed by atoms with Crippen LogP contribution in [0.3, 0.4) is 0 Å². The van der Waals surface area contributed by atoms with Crippen LogP contribution in [0.4, 0.5) is 0 Å². The summed E-state index contributed by atoms with van der Waals surface area (Å²) in [7, 11) is 0.